The first-order chi connectivity index (χ1) is 18.5. The van der Waals surface area contributed by atoms with Crippen molar-refractivity contribution in [1.82, 2.24) is 14.5 Å². The minimum atomic E-state index is -3.91. The molecule has 0 aromatic heterocycles. The van der Waals surface area contributed by atoms with Crippen LogP contribution in [0, 0.1) is 13.8 Å². The van der Waals surface area contributed by atoms with Crippen molar-refractivity contribution in [2.45, 2.75) is 64.1 Å². The zero-order valence-electron chi connectivity index (χ0n) is 23.4. The average molecular weight is 550 g/mol. The zero-order valence-corrected chi connectivity index (χ0v) is 24.2. The number of hydrogen-bond donors (Lipinski definition) is 1. The molecule has 3 rings (SSSR count). The van der Waals surface area contributed by atoms with Gasteiger partial charge in [-0.2, -0.15) is 4.31 Å². The van der Waals surface area contributed by atoms with Crippen LogP contribution in [0.15, 0.2) is 83.8 Å². The fourth-order valence-corrected chi connectivity index (χ4v) is 5.38. The van der Waals surface area contributed by atoms with E-state index in [4.69, 9.17) is 0 Å². The third-order valence-corrected chi connectivity index (χ3v) is 8.61. The van der Waals surface area contributed by atoms with Crippen molar-refractivity contribution in [2.24, 2.45) is 0 Å². The Morgan fingerprint density at radius 2 is 1.51 bits per heavy atom. The van der Waals surface area contributed by atoms with E-state index in [0.717, 1.165) is 33.0 Å². The van der Waals surface area contributed by atoms with Gasteiger partial charge >= 0.3 is 0 Å². The maximum atomic E-state index is 13.9. The van der Waals surface area contributed by atoms with Crippen LogP contribution in [0.25, 0.3) is 0 Å². The highest BCUT2D eigenvalue weighted by Crippen LogP contribution is 2.19. The molecule has 208 valence electrons. The Bertz CT molecular complexity index is 1360. The van der Waals surface area contributed by atoms with E-state index in [1.54, 1.807) is 12.1 Å². The van der Waals surface area contributed by atoms with Gasteiger partial charge in [-0.25, -0.2) is 8.42 Å². The van der Waals surface area contributed by atoms with Crippen molar-refractivity contribution in [3.8, 4) is 0 Å². The average Bonchev–Trinajstić information content (AvgIpc) is 2.91. The van der Waals surface area contributed by atoms with Gasteiger partial charge in [-0.1, -0.05) is 84.8 Å². The lowest BCUT2D eigenvalue weighted by atomic mass is 10.0. The van der Waals surface area contributed by atoms with Crippen LogP contribution in [0.4, 0.5) is 0 Å². The van der Waals surface area contributed by atoms with Gasteiger partial charge in [-0.3, -0.25) is 9.59 Å². The zero-order chi connectivity index (χ0) is 28.6. The van der Waals surface area contributed by atoms with E-state index in [0.29, 0.717) is 6.42 Å². The van der Waals surface area contributed by atoms with Crippen LogP contribution in [0.3, 0.4) is 0 Å². The summed E-state index contributed by atoms with van der Waals surface area (Å²) < 4.78 is 27.6. The molecule has 8 heteroatoms. The Morgan fingerprint density at radius 1 is 0.872 bits per heavy atom. The van der Waals surface area contributed by atoms with Crippen molar-refractivity contribution >= 4 is 21.8 Å². The van der Waals surface area contributed by atoms with Gasteiger partial charge in [0.05, 0.1) is 11.4 Å². The van der Waals surface area contributed by atoms with Gasteiger partial charge in [0.2, 0.25) is 21.8 Å². The highest BCUT2D eigenvalue weighted by atomic mass is 32.2. The summed E-state index contributed by atoms with van der Waals surface area (Å²) in [6.45, 7) is 7.52. The molecule has 0 bridgehead atoms. The Labute approximate surface area is 232 Å². The number of carbonyl (C=O) groups excluding carboxylic acids is 2. The molecule has 1 N–H and O–H groups in total. The van der Waals surface area contributed by atoms with Crippen LogP contribution in [-0.2, 0) is 32.6 Å². The van der Waals surface area contributed by atoms with Gasteiger partial charge in [0, 0.05) is 26.1 Å². The molecule has 0 aliphatic carbocycles. The van der Waals surface area contributed by atoms with E-state index >= 15 is 0 Å². The molecule has 0 unspecified atom stereocenters. The summed E-state index contributed by atoms with van der Waals surface area (Å²) in [5.41, 5.74) is 3.74. The molecule has 3 aromatic carbocycles. The molecule has 0 heterocycles. The normalized spacial score (nSPS) is 13.1. The Hall–Kier alpha value is -3.49. The quantitative estimate of drug-likeness (QED) is 0.361. The summed E-state index contributed by atoms with van der Waals surface area (Å²) >= 11 is 0. The summed E-state index contributed by atoms with van der Waals surface area (Å²) in [5.74, 6) is -0.715. The molecule has 0 aliphatic rings. The Kier molecular flexibility index (Phi) is 10.4. The van der Waals surface area contributed by atoms with Gasteiger partial charge in [0.25, 0.3) is 0 Å². The molecule has 2 amide bonds. The molecule has 0 saturated heterocycles. The standard InChI is InChI=1S/C31H39N3O4S/c1-6-25(4)32-31(36)29(20-26-12-8-7-9-13-26)34(21-27-14-10-11-24(3)19-27)30(35)22-33(5)39(37,38)28-17-15-23(2)16-18-28/h7-19,25,29H,6,20-22H2,1-5H3,(H,32,36)/t25-,29+/m1/s1. The fraction of sp³-hybridized carbons (Fsp3) is 0.355. The molecule has 0 saturated carbocycles. The van der Waals surface area contributed by atoms with Crippen LogP contribution in [0.5, 0.6) is 0 Å². The summed E-state index contributed by atoms with van der Waals surface area (Å²) in [6.07, 6.45) is 1.04. The maximum absolute atomic E-state index is 13.9. The van der Waals surface area contributed by atoms with Gasteiger partial charge in [-0.15, -0.1) is 0 Å². The smallest absolute Gasteiger partial charge is 0.243 e. The number of hydrogen-bond acceptors (Lipinski definition) is 4. The second-order valence-corrected chi connectivity index (χ2v) is 12.2. The number of sulfonamides is 1. The predicted octanol–water partition coefficient (Wildman–Crippen LogP) is 4.48. The second kappa shape index (κ2) is 13.5. The Morgan fingerprint density at radius 3 is 2.13 bits per heavy atom. The number of aryl methyl sites for hydroxylation is 2. The van der Waals surface area contributed by atoms with E-state index in [1.165, 1.54) is 24.1 Å². The summed E-state index contributed by atoms with van der Waals surface area (Å²) in [7, 11) is -2.51. The molecule has 0 spiro atoms. The number of amides is 2. The predicted molar refractivity (Wildman–Crippen MR) is 155 cm³/mol. The third kappa shape index (κ3) is 8.25. The largest absolute Gasteiger partial charge is 0.352 e. The molecule has 3 aromatic rings. The summed E-state index contributed by atoms with van der Waals surface area (Å²) in [5, 5.41) is 3.03. The number of nitrogens with zero attached hydrogens (tertiary/aromatic N) is 2. The van der Waals surface area contributed by atoms with Crippen molar-refractivity contribution in [2.75, 3.05) is 13.6 Å². The number of carbonyl (C=O) groups is 2. The first-order valence-corrected chi connectivity index (χ1v) is 14.7. The van der Waals surface area contributed by atoms with Gasteiger partial charge in [0.1, 0.15) is 6.04 Å². The lowest BCUT2D eigenvalue weighted by Crippen LogP contribution is -2.54. The van der Waals surface area contributed by atoms with Gasteiger partial charge in [0.15, 0.2) is 0 Å². The Balaban J connectivity index is 1.98. The molecule has 7 nitrogen and oxygen atoms in total. The molecule has 39 heavy (non-hydrogen) atoms. The lowest BCUT2D eigenvalue weighted by Gasteiger charge is -2.33. The van der Waals surface area contributed by atoms with Crippen LogP contribution in [0.1, 0.15) is 42.5 Å². The first-order valence-electron chi connectivity index (χ1n) is 13.2. The van der Waals surface area contributed by atoms with Crippen molar-refractivity contribution in [3.05, 3.63) is 101 Å². The number of nitrogens with one attached hydrogen (secondary N) is 1. The summed E-state index contributed by atoms with van der Waals surface area (Å²) in [6, 6.07) is 22.9. The number of rotatable bonds is 12. The van der Waals surface area contributed by atoms with E-state index in [-0.39, 0.29) is 23.4 Å². The molecular formula is C31H39N3O4S. The maximum Gasteiger partial charge on any atom is 0.243 e. The number of benzene rings is 3. The van der Waals surface area contributed by atoms with E-state index in [2.05, 4.69) is 5.32 Å². The molecule has 0 aliphatic heterocycles. The first kappa shape index (κ1) is 30.1. The van der Waals surface area contributed by atoms with Gasteiger partial charge in [-0.05, 0) is 50.5 Å². The van der Waals surface area contributed by atoms with Crippen molar-refractivity contribution in [1.29, 1.82) is 0 Å². The van der Waals surface area contributed by atoms with E-state index in [9.17, 15) is 18.0 Å². The van der Waals surface area contributed by atoms with E-state index < -0.39 is 28.5 Å². The fourth-order valence-electron chi connectivity index (χ4n) is 4.26. The van der Waals surface area contributed by atoms with Crippen LogP contribution < -0.4 is 5.32 Å². The van der Waals surface area contributed by atoms with Crippen molar-refractivity contribution < 1.29 is 18.0 Å². The highest BCUT2D eigenvalue weighted by molar-refractivity contribution is 7.89. The highest BCUT2D eigenvalue weighted by Gasteiger charge is 2.33. The minimum absolute atomic E-state index is 0.0729. The van der Waals surface area contributed by atoms with E-state index in [1.807, 2.05) is 82.3 Å². The van der Waals surface area contributed by atoms with Gasteiger partial charge < -0.3 is 10.2 Å². The third-order valence-electron chi connectivity index (χ3n) is 6.79. The minimum Gasteiger partial charge on any atom is -0.352 e. The van der Waals surface area contributed by atoms with Crippen molar-refractivity contribution in [3.63, 3.8) is 0 Å². The topological polar surface area (TPSA) is 86.8 Å². The molecule has 0 radical (unpaired) electrons. The SMILES string of the molecule is CC[C@@H](C)NC(=O)[C@H](Cc1ccccc1)N(Cc1cccc(C)c1)C(=O)CN(C)S(=O)(=O)c1ccc(C)cc1. The molecule has 0 fully saturated rings. The van der Waals surface area contributed by atoms with Crippen LogP contribution >= 0.6 is 0 Å². The monoisotopic (exact) mass is 549 g/mol. The summed E-state index contributed by atoms with van der Waals surface area (Å²) in [4.78, 5) is 29.2. The molecule has 2 atom stereocenters. The molecular weight excluding hydrogens is 510 g/mol. The second-order valence-electron chi connectivity index (χ2n) is 10.1. The lowest BCUT2D eigenvalue weighted by molar-refractivity contribution is -0.141. The van der Waals surface area contributed by atoms with Crippen LogP contribution in [-0.4, -0.2) is 55.1 Å². The van der Waals surface area contributed by atoms with Crippen LogP contribution in [0.2, 0.25) is 0 Å². The number of likely N-dealkylation sites (N-methyl/N-ethyl adjacent to an activating group) is 1.